The molecule has 0 heterocycles. The summed E-state index contributed by atoms with van der Waals surface area (Å²) in [5.41, 5.74) is 2.36. The van der Waals surface area contributed by atoms with Crippen LogP contribution in [0.4, 0.5) is 0 Å². The van der Waals surface area contributed by atoms with Crippen molar-refractivity contribution >= 4 is 36.1 Å². The van der Waals surface area contributed by atoms with Crippen LogP contribution in [-0.4, -0.2) is 35.2 Å². The van der Waals surface area contributed by atoms with E-state index in [9.17, 15) is 16.8 Å². The van der Waals surface area contributed by atoms with E-state index >= 15 is 0 Å². The predicted octanol–water partition coefficient (Wildman–Crippen LogP) is 3.56. The van der Waals surface area contributed by atoms with Crippen LogP contribution in [0.2, 0.25) is 0 Å². The number of nitrogens with one attached hydrogen (secondary N) is 1. The summed E-state index contributed by atoms with van der Waals surface area (Å²) in [6.07, 6.45) is 1.85. The van der Waals surface area contributed by atoms with Crippen LogP contribution in [0.15, 0.2) is 27.6 Å². The second kappa shape index (κ2) is 9.17. The van der Waals surface area contributed by atoms with Crippen LogP contribution in [0.25, 0.3) is 0 Å². The molecule has 0 radical (unpaired) electrons. The van der Waals surface area contributed by atoms with Crippen molar-refractivity contribution in [2.45, 2.75) is 58.6 Å². The molecular weight excluding hydrogens is 454 g/mol. The molecule has 0 aliphatic carbocycles. The van der Waals surface area contributed by atoms with Crippen LogP contribution in [0.1, 0.15) is 37.5 Å². The monoisotopic (exact) mass is 481 g/mol. The predicted molar refractivity (Wildman–Crippen MR) is 112 cm³/mol. The zero-order valence-electron chi connectivity index (χ0n) is 16.7. The molecule has 27 heavy (non-hydrogen) atoms. The number of hydrogen-bond acceptors (Lipinski definition) is 5. The lowest BCUT2D eigenvalue weighted by atomic mass is 10.0. The van der Waals surface area contributed by atoms with Gasteiger partial charge in [-0.05, 0) is 44.7 Å². The van der Waals surface area contributed by atoms with Crippen molar-refractivity contribution in [1.29, 1.82) is 0 Å². The van der Waals surface area contributed by atoms with Crippen molar-refractivity contribution in [2.24, 2.45) is 5.92 Å². The fourth-order valence-electron chi connectivity index (χ4n) is 2.81. The molecule has 1 aromatic rings. The first-order valence-electron chi connectivity index (χ1n) is 8.49. The highest BCUT2D eigenvalue weighted by atomic mass is 79.9. The van der Waals surface area contributed by atoms with Gasteiger partial charge in [0.05, 0.1) is 11.2 Å². The topological polar surface area (TPSA) is 89.5 Å². The van der Waals surface area contributed by atoms with Gasteiger partial charge in [0.1, 0.15) is 6.10 Å². The van der Waals surface area contributed by atoms with E-state index in [1.807, 2.05) is 32.9 Å². The lowest BCUT2D eigenvalue weighted by molar-refractivity contribution is 0.274. The van der Waals surface area contributed by atoms with Crippen molar-refractivity contribution < 1.29 is 21.0 Å². The minimum Gasteiger partial charge on any atom is -0.262 e. The van der Waals surface area contributed by atoms with Gasteiger partial charge in [-0.3, -0.25) is 4.18 Å². The van der Waals surface area contributed by atoms with Crippen LogP contribution >= 0.6 is 15.9 Å². The summed E-state index contributed by atoms with van der Waals surface area (Å²) in [7, 11) is -7.39. The maximum Gasteiger partial charge on any atom is 0.264 e. The molecule has 0 aliphatic rings. The smallest absolute Gasteiger partial charge is 0.262 e. The minimum absolute atomic E-state index is 0.0659. The molecule has 0 saturated carbocycles. The molecule has 0 spiro atoms. The first-order chi connectivity index (χ1) is 12.1. The maximum absolute atomic E-state index is 13.0. The molecule has 2 atom stereocenters. The highest BCUT2D eigenvalue weighted by molar-refractivity contribution is 9.11. The number of aryl methyl sites for hydroxylation is 3. The lowest BCUT2D eigenvalue weighted by Gasteiger charge is -2.22. The first-order valence-corrected chi connectivity index (χ1v) is 12.6. The summed E-state index contributed by atoms with van der Waals surface area (Å²) in [4.78, 5) is 0.267. The van der Waals surface area contributed by atoms with Gasteiger partial charge in [0.25, 0.3) is 10.1 Å². The van der Waals surface area contributed by atoms with E-state index in [0.29, 0.717) is 15.6 Å². The van der Waals surface area contributed by atoms with E-state index in [-0.39, 0.29) is 10.8 Å². The van der Waals surface area contributed by atoms with Gasteiger partial charge >= 0.3 is 0 Å². The van der Waals surface area contributed by atoms with E-state index in [0.717, 1.165) is 11.8 Å². The minimum atomic E-state index is -3.76. The zero-order valence-corrected chi connectivity index (χ0v) is 19.9. The van der Waals surface area contributed by atoms with Crippen LogP contribution in [0, 0.1) is 26.7 Å². The van der Waals surface area contributed by atoms with Crippen LogP contribution < -0.4 is 4.72 Å². The molecule has 0 amide bonds. The van der Waals surface area contributed by atoms with E-state index in [2.05, 4.69) is 20.7 Å². The Balaban J connectivity index is 3.22. The summed E-state index contributed by atoms with van der Waals surface area (Å²) in [6.45, 7) is 10.8. The standard InChI is InChI=1S/C18H28BrNO5S2/c1-11(2)17(10-16(19)15(6)25-26(7,21)22)20-27(23,24)18-13(4)8-12(3)9-14(18)5/h8-11,15,17,20H,1-7H3/b16-10-/t15-,17+/m0/s1. The molecule has 154 valence electrons. The second-order valence-corrected chi connectivity index (χ2v) is 11.3. The Kier molecular flexibility index (Phi) is 8.25. The lowest BCUT2D eigenvalue weighted by Crippen LogP contribution is -2.38. The van der Waals surface area contributed by atoms with E-state index < -0.39 is 32.3 Å². The highest BCUT2D eigenvalue weighted by Gasteiger charge is 2.25. The van der Waals surface area contributed by atoms with Crippen molar-refractivity contribution in [2.75, 3.05) is 6.26 Å². The molecular formula is C18H28BrNO5S2. The van der Waals surface area contributed by atoms with E-state index in [4.69, 9.17) is 4.18 Å². The molecule has 0 aliphatic heterocycles. The molecule has 1 aromatic carbocycles. The van der Waals surface area contributed by atoms with Gasteiger partial charge in [0.2, 0.25) is 10.0 Å². The number of benzene rings is 1. The van der Waals surface area contributed by atoms with Crippen LogP contribution in [0.3, 0.4) is 0 Å². The number of halogens is 1. The molecule has 0 fully saturated rings. The summed E-state index contributed by atoms with van der Waals surface area (Å²) >= 11 is 3.30. The molecule has 6 nitrogen and oxygen atoms in total. The van der Waals surface area contributed by atoms with Crippen molar-refractivity contribution in [3.05, 3.63) is 39.4 Å². The van der Waals surface area contributed by atoms with Gasteiger partial charge in [-0.15, -0.1) is 0 Å². The Hall–Kier alpha value is -0.740. The average Bonchev–Trinajstić information content (AvgIpc) is 2.42. The third kappa shape index (κ3) is 7.30. The zero-order chi connectivity index (χ0) is 21.2. The highest BCUT2D eigenvalue weighted by Crippen LogP contribution is 2.24. The van der Waals surface area contributed by atoms with Crippen LogP contribution in [0.5, 0.6) is 0 Å². The molecule has 0 aromatic heterocycles. The SMILES string of the molecule is Cc1cc(C)c(S(=O)(=O)N[C@H](/C=C(\Br)[C@H](C)OS(C)(=O)=O)C(C)C)c(C)c1. The van der Waals surface area contributed by atoms with Gasteiger partial charge in [-0.25, -0.2) is 13.1 Å². The van der Waals surface area contributed by atoms with Crippen molar-refractivity contribution in [3.8, 4) is 0 Å². The Labute approximate surface area is 171 Å². The van der Waals surface area contributed by atoms with E-state index in [1.54, 1.807) is 26.8 Å². The molecule has 1 rings (SSSR count). The maximum atomic E-state index is 13.0. The summed E-state index contributed by atoms with van der Waals surface area (Å²) in [6, 6.07) is 3.12. The second-order valence-electron chi connectivity index (χ2n) is 7.11. The molecule has 1 N–H and O–H groups in total. The van der Waals surface area contributed by atoms with Gasteiger partial charge in [-0.1, -0.05) is 53.5 Å². The first kappa shape index (κ1) is 24.3. The van der Waals surface area contributed by atoms with Crippen LogP contribution in [-0.2, 0) is 24.3 Å². The average molecular weight is 482 g/mol. The largest absolute Gasteiger partial charge is 0.264 e. The van der Waals surface area contributed by atoms with Gasteiger partial charge in [0.15, 0.2) is 0 Å². The Morgan fingerprint density at radius 2 is 1.56 bits per heavy atom. The third-order valence-corrected chi connectivity index (χ3v) is 7.24. The quantitative estimate of drug-likeness (QED) is 0.573. The van der Waals surface area contributed by atoms with Crippen molar-refractivity contribution in [1.82, 2.24) is 4.72 Å². The summed E-state index contributed by atoms with van der Waals surface area (Å²) < 4.78 is 56.7. The Morgan fingerprint density at radius 1 is 1.07 bits per heavy atom. The van der Waals surface area contributed by atoms with Gasteiger partial charge < -0.3 is 0 Å². The number of hydrogen-bond donors (Lipinski definition) is 1. The summed E-state index contributed by atoms with van der Waals surface area (Å²) in [5, 5.41) is 0. The Morgan fingerprint density at radius 3 is 1.96 bits per heavy atom. The van der Waals surface area contributed by atoms with Gasteiger partial charge in [-0.2, -0.15) is 8.42 Å². The van der Waals surface area contributed by atoms with Crippen molar-refractivity contribution in [3.63, 3.8) is 0 Å². The fraction of sp³-hybridized carbons (Fsp3) is 0.556. The molecule has 0 bridgehead atoms. The number of rotatable bonds is 8. The molecule has 0 saturated heterocycles. The van der Waals surface area contributed by atoms with E-state index in [1.165, 1.54) is 0 Å². The summed E-state index contributed by atoms with van der Waals surface area (Å²) in [5.74, 6) is -0.0659. The molecule has 9 heteroatoms. The normalized spacial score (nSPS) is 15.8. The fourth-order valence-corrected chi connectivity index (χ4v) is 5.72. The third-order valence-electron chi connectivity index (χ3n) is 3.93. The molecule has 0 unspecified atom stereocenters. The Bertz CT molecular complexity index is 898. The number of sulfonamides is 1. The van der Waals surface area contributed by atoms with Gasteiger partial charge in [0, 0.05) is 10.5 Å².